The molecule has 1 saturated heterocycles. The third-order valence-electron chi connectivity index (χ3n) is 7.11. The van der Waals surface area contributed by atoms with Crippen LogP contribution in [0.3, 0.4) is 0 Å². The molecule has 2 aromatic rings. The molecule has 4 nitrogen and oxygen atoms in total. The van der Waals surface area contributed by atoms with E-state index in [9.17, 15) is 4.79 Å². The average Bonchev–Trinajstić information content (AvgIpc) is 2.83. The molecule has 1 aliphatic carbocycles. The van der Waals surface area contributed by atoms with Crippen molar-refractivity contribution in [3.63, 3.8) is 0 Å². The van der Waals surface area contributed by atoms with Crippen LogP contribution in [0.1, 0.15) is 77.9 Å². The minimum atomic E-state index is -0.175. The molecule has 0 atom stereocenters. The fourth-order valence-electron chi connectivity index (χ4n) is 5.54. The molecule has 2 N–H and O–H groups in total. The molecule has 0 bridgehead atoms. The maximum atomic E-state index is 12.2. The van der Waals surface area contributed by atoms with Gasteiger partial charge in [-0.25, -0.2) is 0 Å². The van der Waals surface area contributed by atoms with Crippen LogP contribution in [0, 0.1) is 0 Å². The Balaban J connectivity index is 1.91. The number of carbonyl (C=O) groups excluding carboxylic acids is 1. The minimum absolute atomic E-state index is 0.175. The topological polar surface area (TPSA) is 53.5 Å². The van der Waals surface area contributed by atoms with Crippen LogP contribution in [0.2, 0.25) is 0 Å². The second-order valence-electron chi connectivity index (χ2n) is 8.82. The first-order valence-electron chi connectivity index (χ1n) is 11.5. The van der Waals surface area contributed by atoms with E-state index >= 15 is 0 Å². The predicted octanol–water partition coefficient (Wildman–Crippen LogP) is 6.05. The van der Waals surface area contributed by atoms with Crippen molar-refractivity contribution in [1.29, 1.82) is 0 Å². The number of halogens is 1. The Labute approximate surface area is 194 Å². The van der Waals surface area contributed by atoms with Crippen molar-refractivity contribution in [2.24, 2.45) is 4.99 Å². The van der Waals surface area contributed by atoms with Gasteiger partial charge in [0, 0.05) is 28.2 Å². The largest absolute Gasteiger partial charge is 0.346 e. The van der Waals surface area contributed by atoms with Gasteiger partial charge in [0.25, 0.3) is 0 Å². The van der Waals surface area contributed by atoms with Gasteiger partial charge < -0.3 is 10.6 Å². The summed E-state index contributed by atoms with van der Waals surface area (Å²) >= 11 is 3.63. The zero-order valence-corrected chi connectivity index (χ0v) is 19.9. The van der Waals surface area contributed by atoms with E-state index in [2.05, 4.69) is 61.9 Å². The molecule has 31 heavy (non-hydrogen) atoms. The number of anilines is 1. The fraction of sp³-hybridized carbons (Fsp3) is 0.462. The minimum Gasteiger partial charge on any atom is -0.346 e. The van der Waals surface area contributed by atoms with Crippen LogP contribution in [-0.2, 0) is 5.41 Å². The van der Waals surface area contributed by atoms with Crippen LogP contribution < -0.4 is 10.6 Å². The summed E-state index contributed by atoms with van der Waals surface area (Å²) in [7, 11) is 1.78. The number of benzene rings is 2. The number of hydrogen-bond acceptors (Lipinski definition) is 3. The van der Waals surface area contributed by atoms with Crippen molar-refractivity contribution in [2.45, 2.75) is 56.3 Å². The number of nitrogens with zero attached hydrogens (tertiary/aromatic N) is 1. The lowest BCUT2D eigenvalue weighted by atomic mass is 9.63. The van der Waals surface area contributed by atoms with E-state index in [4.69, 9.17) is 0 Å². The van der Waals surface area contributed by atoms with E-state index in [0.29, 0.717) is 5.92 Å². The summed E-state index contributed by atoms with van der Waals surface area (Å²) in [5.41, 5.74) is 5.59. The molecule has 2 aromatic carbocycles. The molecule has 164 valence electrons. The molecule has 0 unspecified atom stereocenters. The van der Waals surface area contributed by atoms with Gasteiger partial charge in [-0.2, -0.15) is 0 Å². The van der Waals surface area contributed by atoms with Gasteiger partial charge in [0.2, 0.25) is 0 Å². The molecule has 1 heterocycles. The van der Waals surface area contributed by atoms with Gasteiger partial charge in [0.05, 0.1) is 6.34 Å². The molecule has 0 aromatic heterocycles. The van der Waals surface area contributed by atoms with Crippen molar-refractivity contribution in [3.8, 4) is 0 Å². The van der Waals surface area contributed by atoms with E-state index < -0.39 is 0 Å². The van der Waals surface area contributed by atoms with Gasteiger partial charge in [-0.3, -0.25) is 9.79 Å². The summed E-state index contributed by atoms with van der Waals surface area (Å²) in [6, 6.07) is 13.1. The molecule has 2 fully saturated rings. The van der Waals surface area contributed by atoms with Crippen LogP contribution in [-0.4, -0.2) is 32.8 Å². The van der Waals surface area contributed by atoms with Crippen molar-refractivity contribution in [2.75, 3.05) is 25.5 Å². The Morgan fingerprint density at radius 2 is 1.87 bits per heavy atom. The van der Waals surface area contributed by atoms with Gasteiger partial charge in [-0.1, -0.05) is 59.5 Å². The summed E-state index contributed by atoms with van der Waals surface area (Å²) in [5, 5.41) is 6.92. The third kappa shape index (κ3) is 4.49. The zero-order valence-electron chi connectivity index (χ0n) is 18.3. The predicted molar refractivity (Wildman–Crippen MR) is 133 cm³/mol. The molecule has 0 radical (unpaired) electrons. The quantitative estimate of drug-likeness (QED) is 0.300. The van der Waals surface area contributed by atoms with E-state index in [0.717, 1.165) is 53.5 Å². The first-order valence-corrected chi connectivity index (χ1v) is 12.3. The fourth-order valence-corrected chi connectivity index (χ4v) is 6.00. The van der Waals surface area contributed by atoms with Crippen molar-refractivity contribution in [3.05, 3.63) is 63.1 Å². The Morgan fingerprint density at radius 1 is 1.10 bits per heavy atom. The standard InChI is InChI=1S/C26H32BrN3O/c1-28-18-30-25-9-8-20(19-10-14-29-15-11-19)16-23(25)26(12-3-2-4-13-26)22-6-5-7-24(27)21(22)17-31/h5-9,16-19,29H,2-4,10-15H2,1H3,(H,28,30). The number of hydrogen-bond donors (Lipinski definition) is 2. The number of piperidine rings is 1. The van der Waals surface area contributed by atoms with Crippen LogP contribution in [0.25, 0.3) is 0 Å². The maximum Gasteiger partial charge on any atom is 0.151 e. The first-order chi connectivity index (χ1) is 15.2. The SMILES string of the molecule is CN=CNc1ccc(C2CCNCC2)cc1C1(c2cccc(Br)c2C=O)CCCCC1. The van der Waals surface area contributed by atoms with Crippen LogP contribution in [0.4, 0.5) is 5.69 Å². The number of nitrogens with one attached hydrogen (secondary N) is 2. The summed E-state index contributed by atoms with van der Waals surface area (Å²) in [4.78, 5) is 16.3. The van der Waals surface area contributed by atoms with Gasteiger partial charge in [0.1, 0.15) is 0 Å². The lowest BCUT2D eigenvalue weighted by Crippen LogP contribution is -2.33. The molecule has 0 amide bonds. The smallest absolute Gasteiger partial charge is 0.151 e. The normalized spacial score (nSPS) is 19.4. The van der Waals surface area contributed by atoms with Gasteiger partial charge in [-0.15, -0.1) is 0 Å². The molecular formula is C26H32BrN3O. The molecule has 0 spiro atoms. The average molecular weight is 482 g/mol. The van der Waals surface area contributed by atoms with Crippen LogP contribution >= 0.6 is 15.9 Å². The number of aldehydes is 1. The lowest BCUT2D eigenvalue weighted by Gasteiger charge is -2.41. The third-order valence-corrected chi connectivity index (χ3v) is 7.80. The van der Waals surface area contributed by atoms with E-state index in [1.165, 1.54) is 43.2 Å². The monoisotopic (exact) mass is 481 g/mol. The van der Waals surface area contributed by atoms with Crippen LogP contribution in [0.15, 0.2) is 45.9 Å². The lowest BCUT2D eigenvalue weighted by molar-refractivity contribution is 0.112. The first kappa shape index (κ1) is 22.2. The van der Waals surface area contributed by atoms with E-state index in [1.807, 2.05) is 6.07 Å². The summed E-state index contributed by atoms with van der Waals surface area (Å²) in [5.74, 6) is 0.586. The van der Waals surface area contributed by atoms with Gasteiger partial charge in [-0.05, 0) is 73.5 Å². The Morgan fingerprint density at radius 3 is 2.58 bits per heavy atom. The Bertz CT molecular complexity index is 944. The van der Waals surface area contributed by atoms with Gasteiger partial charge >= 0.3 is 0 Å². The zero-order chi connectivity index (χ0) is 21.7. The highest BCUT2D eigenvalue weighted by Gasteiger charge is 2.39. The highest BCUT2D eigenvalue weighted by atomic mass is 79.9. The van der Waals surface area contributed by atoms with Gasteiger partial charge in [0.15, 0.2) is 6.29 Å². The molecule has 5 heteroatoms. The number of carbonyl (C=O) groups is 1. The Kier molecular flexibility index (Phi) is 7.24. The van der Waals surface area contributed by atoms with E-state index in [1.54, 1.807) is 13.4 Å². The van der Waals surface area contributed by atoms with E-state index in [-0.39, 0.29) is 5.41 Å². The van der Waals surface area contributed by atoms with Crippen LogP contribution in [0.5, 0.6) is 0 Å². The summed E-state index contributed by atoms with van der Waals surface area (Å²) in [6.45, 7) is 2.16. The molecule has 1 aliphatic heterocycles. The molecule has 1 saturated carbocycles. The molecular weight excluding hydrogens is 450 g/mol. The highest BCUT2D eigenvalue weighted by molar-refractivity contribution is 9.10. The number of rotatable bonds is 6. The Hall–Kier alpha value is -1.98. The van der Waals surface area contributed by atoms with Crippen molar-refractivity contribution >= 4 is 34.2 Å². The summed E-state index contributed by atoms with van der Waals surface area (Å²) < 4.78 is 0.879. The van der Waals surface area contributed by atoms with Crippen molar-refractivity contribution < 1.29 is 4.79 Å². The molecule has 4 rings (SSSR count). The second kappa shape index (κ2) is 10.1. The highest BCUT2D eigenvalue weighted by Crippen LogP contribution is 2.49. The maximum absolute atomic E-state index is 12.2. The summed E-state index contributed by atoms with van der Waals surface area (Å²) in [6.07, 6.45) is 10.8. The number of aliphatic imine (C=N–C) groups is 1. The second-order valence-corrected chi connectivity index (χ2v) is 9.68. The molecule has 2 aliphatic rings. The van der Waals surface area contributed by atoms with Crippen molar-refractivity contribution in [1.82, 2.24) is 5.32 Å².